The van der Waals surface area contributed by atoms with Gasteiger partial charge in [0.15, 0.2) is 11.6 Å². The van der Waals surface area contributed by atoms with Gasteiger partial charge in [-0.15, -0.1) is 0 Å². The highest BCUT2D eigenvalue weighted by Gasteiger charge is 2.13. The van der Waals surface area contributed by atoms with Crippen molar-refractivity contribution in [1.82, 2.24) is 0 Å². The maximum atomic E-state index is 13.2. The van der Waals surface area contributed by atoms with Crippen molar-refractivity contribution < 1.29 is 14.0 Å². The second-order valence-electron chi connectivity index (χ2n) is 5.05. The molecule has 100 valence electrons. The number of nitrogens with one attached hydrogen (secondary N) is 1. The summed E-state index contributed by atoms with van der Waals surface area (Å²) >= 11 is 0. The van der Waals surface area contributed by atoms with Gasteiger partial charge in [0.1, 0.15) is 0 Å². The number of likely N-dealkylation sites (tertiary alicyclic amines) is 1. The highest BCUT2D eigenvalue weighted by atomic mass is 19.1. The fourth-order valence-corrected chi connectivity index (χ4v) is 2.52. The SMILES string of the molecule is Fc1ccccc1OCCCCC[NH+]1CCCC1. The Balaban J connectivity index is 1.52. The molecule has 1 aliphatic heterocycles. The van der Waals surface area contributed by atoms with Gasteiger partial charge in [-0.1, -0.05) is 12.1 Å². The van der Waals surface area contributed by atoms with E-state index in [1.54, 1.807) is 23.1 Å². The summed E-state index contributed by atoms with van der Waals surface area (Å²) in [6.45, 7) is 4.62. The van der Waals surface area contributed by atoms with Crippen molar-refractivity contribution in [2.45, 2.75) is 32.1 Å². The van der Waals surface area contributed by atoms with E-state index in [9.17, 15) is 4.39 Å². The molecular formula is C15H23FNO+. The molecule has 1 heterocycles. The third-order valence-corrected chi connectivity index (χ3v) is 3.58. The van der Waals surface area contributed by atoms with Gasteiger partial charge < -0.3 is 9.64 Å². The van der Waals surface area contributed by atoms with E-state index >= 15 is 0 Å². The minimum absolute atomic E-state index is 0.265. The van der Waals surface area contributed by atoms with Gasteiger partial charge in [0, 0.05) is 12.8 Å². The van der Waals surface area contributed by atoms with Gasteiger partial charge in [0.05, 0.1) is 26.2 Å². The third kappa shape index (κ3) is 4.30. The van der Waals surface area contributed by atoms with Crippen LogP contribution in [0.2, 0.25) is 0 Å². The van der Waals surface area contributed by atoms with Gasteiger partial charge in [0.25, 0.3) is 0 Å². The van der Waals surface area contributed by atoms with E-state index in [1.807, 2.05) is 0 Å². The molecule has 0 spiro atoms. The first-order chi connectivity index (χ1) is 8.86. The number of ether oxygens (including phenoxy) is 1. The van der Waals surface area contributed by atoms with E-state index < -0.39 is 0 Å². The zero-order chi connectivity index (χ0) is 12.6. The Kier molecular flexibility index (Phi) is 5.46. The molecule has 1 saturated heterocycles. The minimum atomic E-state index is -0.265. The fraction of sp³-hybridized carbons (Fsp3) is 0.600. The number of hydrogen-bond acceptors (Lipinski definition) is 1. The Morgan fingerprint density at radius 2 is 1.83 bits per heavy atom. The standard InChI is InChI=1S/C15H22FNO/c16-14-8-2-3-9-15(14)18-13-7-1-4-10-17-11-5-6-12-17/h2-3,8-9H,1,4-7,10-13H2/p+1. The maximum absolute atomic E-state index is 13.2. The van der Waals surface area contributed by atoms with Crippen molar-refractivity contribution in [1.29, 1.82) is 0 Å². The highest BCUT2D eigenvalue weighted by Crippen LogP contribution is 2.15. The number of unbranched alkanes of at least 4 members (excludes halogenated alkanes) is 2. The summed E-state index contributed by atoms with van der Waals surface area (Å²) in [6.07, 6.45) is 6.24. The molecule has 3 heteroatoms. The van der Waals surface area contributed by atoms with Crippen molar-refractivity contribution in [3.63, 3.8) is 0 Å². The minimum Gasteiger partial charge on any atom is -0.491 e. The zero-order valence-electron chi connectivity index (χ0n) is 11.0. The molecule has 2 rings (SSSR count). The number of para-hydroxylation sites is 1. The maximum Gasteiger partial charge on any atom is 0.165 e. The van der Waals surface area contributed by atoms with Crippen molar-refractivity contribution in [2.75, 3.05) is 26.2 Å². The van der Waals surface area contributed by atoms with Crippen molar-refractivity contribution >= 4 is 0 Å². The van der Waals surface area contributed by atoms with Crippen molar-refractivity contribution in [3.8, 4) is 5.75 Å². The quantitative estimate of drug-likeness (QED) is 0.733. The molecule has 0 amide bonds. The molecule has 0 saturated carbocycles. The molecule has 0 unspecified atom stereocenters. The summed E-state index contributed by atoms with van der Waals surface area (Å²) in [5.74, 6) is 0.113. The van der Waals surface area contributed by atoms with Crippen LogP contribution in [0.5, 0.6) is 5.75 Å². The summed E-state index contributed by atoms with van der Waals surface area (Å²) in [7, 11) is 0. The first kappa shape index (κ1) is 13.3. The first-order valence-corrected chi connectivity index (χ1v) is 7.07. The molecule has 0 aliphatic carbocycles. The van der Waals surface area contributed by atoms with Crippen LogP contribution in [-0.4, -0.2) is 26.2 Å². The highest BCUT2D eigenvalue weighted by molar-refractivity contribution is 5.23. The van der Waals surface area contributed by atoms with Crippen LogP contribution in [0.4, 0.5) is 4.39 Å². The zero-order valence-corrected chi connectivity index (χ0v) is 11.0. The summed E-state index contributed by atoms with van der Waals surface area (Å²) in [6, 6.07) is 6.60. The Hall–Kier alpha value is -1.09. The monoisotopic (exact) mass is 252 g/mol. The van der Waals surface area contributed by atoms with Crippen LogP contribution in [0.15, 0.2) is 24.3 Å². The second-order valence-corrected chi connectivity index (χ2v) is 5.05. The lowest BCUT2D eigenvalue weighted by atomic mass is 10.2. The molecule has 1 aromatic carbocycles. The molecule has 1 fully saturated rings. The van der Waals surface area contributed by atoms with Crippen LogP contribution in [0.25, 0.3) is 0 Å². The average molecular weight is 252 g/mol. The number of benzene rings is 1. The Labute approximate surface area is 109 Å². The number of quaternary nitrogens is 1. The molecule has 2 nitrogen and oxygen atoms in total. The number of hydrogen-bond donors (Lipinski definition) is 1. The van der Waals surface area contributed by atoms with Crippen LogP contribution in [0.3, 0.4) is 0 Å². The summed E-state index contributed by atoms with van der Waals surface area (Å²) in [4.78, 5) is 1.75. The van der Waals surface area contributed by atoms with Crippen LogP contribution in [0.1, 0.15) is 32.1 Å². The summed E-state index contributed by atoms with van der Waals surface area (Å²) in [5.41, 5.74) is 0. The largest absolute Gasteiger partial charge is 0.491 e. The average Bonchev–Trinajstić information content (AvgIpc) is 2.89. The molecule has 0 aromatic heterocycles. The predicted octanol–water partition coefficient (Wildman–Crippen LogP) is 2.05. The lowest BCUT2D eigenvalue weighted by Crippen LogP contribution is -3.09. The normalized spacial score (nSPS) is 16.1. The lowest BCUT2D eigenvalue weighted by Gasteiger charge is -2.11. The molecule has 1 N–H and O–H groups in total. The van der Waals surface area contributed by atoms with Crippen LogP contribution >= 0.6 is 0 Å². The summed E-state index contributed by atoms with van der Waals surface area (Å²) < 4.78 is 18.7. The molecule has 18 heavy (non-hydrogen) atoms. The van der Waals surface area contributed by atoms with Gasteiger partial charge in [0.2, 0.25) is 0 Å². The van der Waals surface area contributed by atoms with E-state index in [0.29, 0.717) is 12.4 Å². The Bertz CT molecular complexity index is 350. The predicted molar refractivity (Wildman–Crippen MR) is 70.5 cm³/mol. The van der Waals surface area contributed by atoms with E-state index in [1.165, 1.54) is 51.4 Å². The molecular weight excluding hydrogens is 229 g/mol. The number of halogens is 1. The Morgan fingerprint density at radius 1 is 1.06 bits per heavy atom. The molecule has 1 aliphatic rings. The van der Waals surface area contributed by atoms with E-state index in [2.05, 4.69) is 0 Å². The summed E-state index contributed by atoms with van der Waals surface area (Å²) in [5, 5.41) is 0. The molecule has 0 bridgehead atoms. The molecule has 1 aromatic rings. The topological polar surface area (TPSA) is 13.7 Å². The van der Waals surface area contributed by atoms with Gasteiger partial charge in [-0.05, 0) is 31.4 Å². The van der Waals surface area contributed by atoms with Gasteiger partial charge >= 0.3 is 0 Å². The number of rotatable bonds is 7. The third-order valence-electron chi connectivity index (χ3n) is 3.58. The van der Waals surface area contributed by atoms with Crippen molar-refractivity contribution in [3.05, 3.63) is 30.1 Å². The van der Waals surface area contributed by atoms with Crippen molar-refractivity contribution in [2.24, 2.45) is 0 Å². The van der Waals surface area contributed by atoms with E-state index in [-0.39, 0.29) is 5.82 Å². The molecule has 0 radical (unpaired) electrons. The fourth-order valence-electron chi connectivity index (χ4n) is 2.52. The van der Waals surface area contributed by atoms with E-state index in [0.717, 1.165) is 6.42 Å². The van der Waals surface area contributed by atoms with Crippen LogP contribution in [-0.2, 0) is 0 Å². The van der Waals surface area contributed by atoms with Crippen LogP contribution in [0, 0.1) is 5.82 Å². The van der Waals surface area contributed by atoms with Crippen LogP contribution < -0.4 is 9.64 Å². The first-order valence-electron chi connectivity index (χ1n) is 7.07. The second kappa shape index (κ2) is 7.37. The van der Waals surface area contributed by atoms with E-state index in [4.69, 9.17) is 4.74 Å². The lowest BCUT2D eigenvalue weighted by molar-refractivity contribution is -0.887. The van der Waals surface area contributed by atoms with Gasteiger partial charge in [-0.3, -0.25) is 0 Å². The molecule has 0 atom stereocenters. The Morgan fingerprint density at radius 3 is 2.61 bits per heavy atom. The smallest absolute Gasteiger partial charge is 0.165 e. The van der Waals surface area contributed by atoms with Gasteiger partial charge in [-0.25, -0.2) is 4.39 Å². The van der Waals surface area contributed by atoms with Gasteiger partial charge in [-0.2, -0.15) is 0 Å².